The normalized spacial score (nSPS) is 23.2. The Morgan fingerprint density at radius 3 is 2.83 bits per heavy atom. The number of carbonyl (C=O) groups is 2. The van der Waals surface area contributed by atoms with Crippen molar-refractivity contribution < 1.29 is 14.7 Å². The summed E-state index contributed by atoms with van der Waals surface area (Å²) in [6.07, 6.45) is 4.43. The number of aliphatic hydroxyl groups excluding tert-OH is 1. The number of hydrogen-bond acceptors (Lipinski definition) is 3. The molecule has 1 N–H and O–H groups in total. The molecule has 12 heavy (non-hydrogen) atoms. The Kier molecular flexibility index (Phi) is 3.17. The molecule has 0 aromatic heterocycles. The van der Waals surface area contributed by atoms with E-state index in [0.29, 0.717) is 19.3 Å². The molecule has 66 valence electrons. The van der Waals surface area contributed by atoms with E-state index in [4.69, 9.17) is 5.11 Å². The molecule has 0 fully saturated rings. The second kappa shape index (κ2) is 4.16. The summed E-state index contributed by atoms with van der Waals surface area (Å²) in [5, 5.41) is 8.53. The van der Waals surface area contributed by atoms with Crippen LogP contribution in [-0.2, 0) is 9.59 Å². The molecule has 0 aromatic rings. The van der Waals surface area contributed by atoms with Crippen molar-refractivity contribution in [3.8, 4) is 0 Å². The van der Waals surface area contributed by atoms with Crippen LogP contribution in [-0.4, -0.2) is 23.3 Å². The van der Waals surface area contributed by atoms with Crippen molar-refractivity contribution in [2.75, 3.05) is 6.61 Å². The molecule has 1 aliphatic rings. The first kappa shape index (κ1) is 9.13. The van der Waals surface area contributed by atoms with Gasteiger partial charge in [-0.15, -0.1) is 0 Å². The molecular weight excluding hydrogens is 156 g/mol. The second-order valence-corrected chi connectivity index (χ2v) is 2.89. The molecular formula is C9H12O3. The monoisotopic (exact) mass is 168 g/mol. The van der Waals surface area contributed by atoms with Gasteiger partial charge in [0.1, 0.15) is 5.78 Å². The molecule has 0 saturated heterocycles. The van der Waals surface area contributed by atoms with Crippen LogP contribution < -0.4 is 0 Å². The smallest absolute Gasteiger partial charge is 0.165 e. The van der Waals surface area contributed by atoms with Crippen molar-refractivity contribution in [1.29, 1.82) is 0 Å². The van der Waals surface area contributed by atoms with E-state index in [-0.39, 0.29) is 18.2 Å². The highest BCUT2D eigenvalue weighted by Gasteiger charge is 2.25. The van der Waals surface area contributed by atoms with Crippen LogP contribution in [0.4, 0.5) is 0 Å². The first-order valence-corrected chi connectivity index (χ1v) is 4.09. The van der Waals surface area contributed by atoms with E-state index < -0.39 is 5.92 Å². The SMILES string of the molecule is O=C1C=CCC(=O)C1CCCO. The van der Waals surface area contributed by atoms with E-state index in [1.54, 1.807) is 6.08 Å². The van der Waals surface area contributed by atoms with Crippen LogP contribution in [0.2, 0.25) is 0 Å². The lowest BCUT2D eigenvalue weighted by atomic mass is 9.88. The molecule has 3 nitrogen and oxygen atoms in total. The number of rotatable bonds is 3. The van der Waals surface area contributed by atoms with E-state index >= 15 is 0 Å². The summed E-state index contributed by atoms with van der Waals surface area (Å²) >= 11 is 0. The number of Topliss-reactive ketones (excluding diaryl/α,β-unsaturated/α-hetero) is 1. The molecule has 1 unspecified atom stereocenters. The van der Waals surface area contributed by atoms with Crippen LogP contribution in [0.5, 0.6) is 0 Å². The van der Waals surface area contributed by atoms with Gasteiger partial charge in [-0.05, 0) is 18.9 Å². The molecule has 1 atom stereocenters. The van der Waals surface area contributed by atoms with Gasteiger partial charge in [0.25, 0.3) is 0 Å². The van der Waals surface area contributed by atoms with E-state index in [0.717, 1.165) is 0 Å². The summed E-state index contributed by atoms with van der Waals surface area (Å²) in [7, 11) is 0. The summed E-state index contributed by atoms with van der Waals surface area (Å²) < 4.78 is 0. The van der Waals surface area contributed by atoms with Gasteiger partial charge >= 0.3 is 0 Å². The lowest BCUT2D eigenvalue weighted by Crippen LogP contribution is -2.25. The summed E-state index contributed by atoms with van der Waals surface area (Å²) in [5.41, 5.74) is 0. The van der Waals surface area contributed by atoms with Crippen LogP contribution in [0, 0.1) is 5.92 Å². The van der Waals surface area contributed by atoms with Gasteiger partial charge in [0, 0.05) is 13.0 Å². The van der Waals surface area contributed by atoms with Crippen molar-refractivity contribution in [3.63, 3.8) is 0 Å². The first-order chi connectivity index (χ1) is 5.75. The zero-order valence-electron chi connectivity index (χ0n) is 6.82. The first-order valence-electron chi connectivity index (χ1n) is 4.09. The molecule has 0 spiro atoms. The Balaban J connectivity index is 2.54. The molecule has 0 aromatic carbocycles. The molecule has 1 rings (SSSR count). The van der Waals surface area contributed by atoms with Crippen molar-refractivity contribution in [3.05, 3.63) is 12.2 Å². The van der Waals surface area contributed by atoms with E-state index in [9.17, 15) is 9.59 Å². The van der Waals surface area contributed by atoms with Crippen LogP contribution in [0.25, 0.3) is 0 Å². The quantitative estimate of drug-likeness (QED) is 0.623. The Morgan fingerprint density at radius 2 is 2.25 bits per heavy atom. The highest BCUT2D eigenvalue weighted by Crippen LogP contribution is 2.16. The average Bonchev–Trinajstić information content (AvgIpc) is 2.04. The van der Waals surface area contributed by atoms with E-state index in [1.807, 2.05) is 0 Å². The lowest BCUT2D eigenvalue weighted by molar-refractivity contribution is -0.130. The van der Waals surface area contributed by atoms with Gasteiger partial charge in [0.15, 0.2) is 5.78 Å². The number of ketones is 2. The predicted octanol–water partition coefficient (Wildman–Crippen LogP) is 0.473. The topological polar surface area (TPSA) is 54.4 Å². The van der Waals surface area contributed by atoms with Gasteiger partial charge in [0.2, 0.25) is 0 Å². The Labute approximate surface area is 71.1 Å². The van der Waals surface area contributed by atoms with Crippen LogP contribution in [0.1, 0.15) is 19.3 Å². The number of carbonyl (C=O) groups excluding carboxylic acids is 2. The Hall–Kier alpha value is -0.960. The van der Waals surface area contributed by atoms with Crippen molar-refractivity contribution in [2.24, 2.45) is 5.92 Å². The maximum atomic E-state index is 11.2. The average molecular weight is 168 g/mol. The third-order valence-corrected chi connectivity index (χ3v) is 1.98. The van der Waals surface area contributed by atoms with Crippen LogP contribution in [0.15, 0.2) is 12.2 Å². The predicted molar refractivity (Wildman–Crippen MR) is 43.6 cm³/mol. The number of aliphatic hydroxyl groups is 1. The summed E-state index contributed by atoms with van der Waals surface area (Å²) in [6, 6.07) is 0. The molecule has 1 aliphatic carbocycles. The molecule has 0 heterocycles. The fourth-order valence-corrected chi connectivity index (χ4v) is 1.31. The molecule has 0 aliphatic heterocycles. The standard InChI is InChI=1S/C9H12O3/c10-6-2-3-7-8(11)4-1-5-9(7)12/h1,4,7,10H,2-3,5-6H2. The van der Waals surface area contributed by atoms with Crippen molar-refractivity contribution in [2.45, 2.75) is 19.3 Å². The van der Waals surface area contributed by atoms with E-state index in [1.165, 1.54) is 6.08 Å². The minimum atomic E-state index is -0.484. The van der Waals surface area contributed by atoms with Gasteiger partial charge in [-0.2, -0.15) is 0 Å². The van der Waals surface area contributed by atoms with Crippen molar-refractivity contribution in [1.82, 2.24) is 0 Å². The third kappa shape index (κ3) is 2.01. The fraction of sp³-hybridized carbons (Fsp3) is 0.556. The largest absolute Gasteiger partial charge is 0.396 e. The number of allylic oxidation sites excluding steroid dienone is 2. The van der Waals surface area contributed by atoms with Gasteiger partial charge in [0.05, 0.1) is 5.92 Å². The van der Waals surface area contributed by atoms with Crippen LogP contribution in [0.3, 0.4) is 0 Å². The summed E-state index contributed by atoms with van der Waals surface area (Å²) in [4.78, 5) is 22.3. The fourth-order valence-electron chi connectivity index (χ4n) is 1.31. The maximum Gasteiger partial charge on any atom is 0.165 e. The van der Waals surface area contributed by atoms with Crippen LogP contribution >= 0.6 is 0 Å². The maximum absolute atomic E-state index is 11.2. The lowest BCUT2D eigenvalue weighted by Gasteiger charge is -2.13. The molecule has 0 amide bonds. The van der Waals surface area contributed by atoms with Gasteiger partial charge < -0.3 is 5.11 Å². The zero-order chi connectivity index (χ0) is 8.97. The summed E-state index contributed by atoms with van der Waals surface area (Å²) in [6.45, 7) is 0.0424. The molecule has 3 heteroatoms. The van der Waals surface area contributed by atoms with Gasteiger partial charge in [-0.1, -0.05) is 6.08 Å². The highest BCUT2D eigenvalue weighted by molar-refractivity contribution is 6.10. The number of hydrogen-bond donors (Lipinski definition) is 1. The van der Waals surface area contributed by atoms with Gasteiger partial charge in [-0.3, -0.25) is 9.59 Å². The molecule has 0 saturated carbocycles. The molecule has 0 bridgehead atoms. The Morgan fingerprint density at radius 1 is 1.50 bits per heavy atom. The van der Waals surface area contributed by atoms with Crippen molar-refractivity contribution >= 4 is 11.6 Å². The molecule has 0 radical (unpaired) electrons. The minimum Gasteiger partial charge on any atom is -0.396 e. The summed E-state index contributed by atoms with van der Waals surface area (Å²) in [5.74, 6) is -0.613. The zero-order valence-corrected chi connectivity index (χ0v) is 6.82. The Bertz CT molecular complexity index is 218. The second-order valence-electron chi connectivity index (χ2n) is 2.89. The van der Waals surface area contributed by atoms with Gasteiger partial charge in [-0.25, -0.2) is 0 Å². The van der Waals surface area contributed by atoms with E-state index in [2.05, 4.69) is 0 Å². The third-order valence-electron chi connectivity index (χ3n) is 1.98. The minimum absolute atomic E-state index is 0.0176. The highest BCUT2D eigenvalue weighted by atomic mass is 16.3.